The van der Waals surface area contributed by atoms with E-state index in [-0.39, 0.29) is 6.10 Å². The van der Waals surface area contributed by atoms with E-state index in [2.05, 4.69) is 4.74 Å². The highest BCUT2D eigenvalue weighted by Crippen LogP contribution is 2.17. The Kier molecular flexibility index (Phi) is 3.51. The quantitative estimate of drug-likeness (QED) is 0.679. The van der Waals surface area contributed by atoms with Crippen molar-refractivity contribution in [3.8, 4) is 0 Å². The lowest BCUT2D eigenvalue weighted by Crippen LogP contribution is -2.08. The monoisotopic (exact) mass is 194 g/mol. The Morgan fingerprint density at radius 2 is 1.86 bits per heavy atom. The number of carbonyl (C=O) groups excluding carboxylic acids is 1. The molecule has 0 spiro atoms. The smallest absolute Gasteiger partial charge is 0.438 e. The molecule has 0 heterocycles. The van der Waals surface area contributed by atoms with Gasteiger partial charge in [-0.3, -0.25) is 0 Å². The van der Waals surface area contributed by atoms with Gasteiger partial charge in [-0.2, -0.15) is 0 Å². The number of methoxy groups -OCH3 is 1. The first kappa shape index (κ1) is 10.6. The number of benzene rings is 1. The van der Waals surface area contributed by atoms with Crippen molar-refractivity contribution < 1.29 is 14.3 Å². The van der Waals surface area contributed by atoms with Crippen molar-refractivity contribution in [2.45, 2.75) is 20.0 Å². The number of hydrogen-bond acceptors (Lipinski definition) is 3. The van der Waals surface area contributed by atoms with Crippen LogP contribution >= 0.6 is 0 Å². The summed E-state index contributed by atoms with van der Waals surface area (Å²) in [6.45, 7) is 3.82. The van der Waals surface area contributed by atoms with Crippen LogP contribution in [-0.4, -0.2) is 13.3 Å². The molecular weight excluding hydrogens is 180 g/mol. The van der Waals surface area contributed by atoms with Gasteiger partial charge in [0.15, 0.2) is 0 Å². The van der Waals surface area contributed by atoms with Gasteiger partial charge in [0.2, 0.25) is 0 Å². The van der Waals surface area contributed by atoms with Gasteiger partial charge in [0.25, 0.3) is 0 Å². The molecule has 1 aromatic carbocycles. The highest BCUT2D eigenvalue weighted by molar-refractivity contribution is 5.60. The third-order valence-corrected chi connectivity index (χ3v) is 1.99. The second-order valence-corrected chi connectivity index (χ2v) is 3.12. The Morgan fingerprint density at radius 1 is 1.29 bits per heavy atom. The first-order valence-corrected chi connectivity index (χ1v) is 4.44. The Bertz CT molecular complexity index is 303. The van der Waals surface area contributed by atoms with Gasteiger partial charge in [-0.05, 0) is 19.4 Å². The van der Waals surface area contributed by atoms with Crippen molar-refractivity contribution in [1.82, 2.24) is 0 Å². The predicted molar refractivity (Wildman–Crippen MR) is 53.1 cm³/mol. The van der Waals surface area contributed by atoms with E-state index in [0.29, 0.717) is 0 Å². The summed E-state index contributed by atoms with van der Waals surface area (Å²) in [7, 11) is 1.30. The fourth-order valence-corrected chi connectivity index (χ4v) is 1.10. The molecular formula is C11H14O3. The zero-order chi connectivity index (χ0) is 10.6. The van der Waals surface area contributed by atoms with Crippen LogP contribution in [0.15, 0.2) is 24.3 Å². The minimum absolute atomic E-state index is 0.275. The summed E-state index contributed by atoms with van der Waals surface area (Å²) in [6.07, 6.45) is -0.930. The molecule has 0 amide bonds. The van der Waals surface area contributed by atoms with Crippen LogP contribution in [0.3, 0.4) is 0 Å². The number of ether oxygens (including phenoxy) is 2. The molecule has 0 N–H and O–H groups in total. The van der Waals surface area contributed by atoms with Crippen molar-refractivity contribution >= 4 is 6.16 Å². The molecule has 1 rings (SSSR count). The summed E-state index contributed by atoms with van der Waals surface area (Å²) in [5.74, 6) is 0. The first-order chi connectivity index (χ1) is 6.63. The van der Waals surface area contributed by atoms with Crippen molar-refractivity contribution in [2.24, 2.45) is 0 Å². The second kappa shape index (κ2) is 4.65. The topological polar surface area (TPSA) is 35.5 Å². The van der Waals surface area contributed by atoms with Gasteiger partial charge in [-0.25, -0.2) is 4.79 Å². The van der Waals surface area contributed by atoms with E-state index < -0.39 is 6.16 Å². The normalized spacial score (nSPS) is 11.9. The van der Waals surface area contributed by atoms with E-state index in [1.54, 1.807) is 0 Å². The molecule has 3 nitrogen and oxygen atoms in total. The maximum Gasteiger partial charge on any atom is 0.508 e. The third-order valence-electron chi connectivity index (χ3n) is 1.99. The Morgan fingerprint density at radius 3 is 2.36 bits per heavy atom. The molecule has 0 radical (unpaired) electrons. The van der Waals surface area contributed by atoms with Gasteiger partial charge in [-0.15, -0.1) is 0 Å². The molecule has 3 heteroatoms. The predicted octanol–water partition coefficient (Wildman–Crippen LogP) is 2.84. The fraction of sp³-hybridized carbons (Fsp3) is 0.364. The first-order valence-electron chi connectivity index (χ1n) is 4.44. The van der Waals surface area contributed by atoms with E-state index in [4.69, 9.17) is 4.74 Å². The van der Waals surface area contributed by atoms with Crippen LogP contribution in [0.5, 0.6) is 0 Å². The molecule has 1 atom stereocenters. The van der Waals surface area contributed by atoms with Gasteiger partial charge >= 0.3 is 6.16 Å². The molecule has 0 bridgehead atoms. The van der Waals surface area contributed by atoms with Crippen LogP contribution in [0.2, 0.25) is 0 Å². The Balaban J connectivity index is 2.65. The minimum Gasteiger partial charge on any atom is -0.438 e. The lowest BCUT2D eigenvalue weighted by atomic mass is 10.1. The van der Waals surface area contributed by atoms with Crippen LogP contribution in [0.4, 0.5) is 4.79 Å². The number of carbonyl (C=O) groups is 1. The molecule has 0 aliphatic carbocycles. The second-order valence-electron chi connectivity index (χ2n) is 3.12. The maximum absolute atomic E-state index is 10.8. The maximum atomic E-state index is 10.8. The van der Waals surface area contributed by atoms with Crippen molar-refractivity contribution in [3.05, 3.63) is 35.4 Å². The van der Waals surface area contributed by atoms with Gasteiger partial charge in [-0.1, -0.05) is 29.8 Å². The third kappa shape index (κ3) is 2.76. The van der Waals surface area contributed by atoms with Crippen molar-refractivity contribution in [1.29, 1.82) is 0 Å². The molecule has 76 valence electrons. The molecule has 1 aromatic rings. The minimum atomic E-state index is -0.655. The SMILES string of the molecule is COC(=O)OC(C)c1ccc(C)cc1. The average molecular weight is 194 g/mol. The number of rotatable bonds is 2. The largest absolute Gasteiger partial charge is 0.508 e. The zero-order valence-corrected chi connectivity index (χ0v) is 8.61. The van der Waals surface area contributed by atoms with Gasteiger partial charge in [0, 0.05) is 0 Å². The van der Waals surface area contributed by atoms with Gasteiger partial charge in [0.1, 0.15) is 6.10 Å². The van der Waals surface area contributed by atoms with E-state index in [1.807, 2.05) is 38.1 Å². The van der Waals surface area contributed by atoms with E-state index in [9.17, 15) is 4.79 Å². The van der Waals surface area contributed by atoms with E-state index >= 15 is 0 Å². The van der Waals surface area contributed by atoms with Gasteiger partial charge < -0.3 is 9.47 Å². The van der Waals surface area contributed by atoms with Crippen molar-refractivity contribution in [3.63, 3.8) is 0 Å². The summed E-state index contributed by atoms with van der Waals surface area (Å²) >= 11 is 0. The van der Waals surface area contributed by atoms with Crippen LogP contribution in [0.25, 0.3) is 0 Å². The summed E-state index contributed by atoms with van der Waals surface area (Å²) < 4.78 is 9.37. The number of hydrogen-bond donors (Lipinski definition) is 0. The molecule has 0 aromatic heterocycles. The zero-order valence-electron chi connectivity index (χ0n) is 8.61. The number of aryl methyl sites for hydroxylation is 1. The molecule has 0 fully saturated rings. The van der Waals surface area contributed by atoms with Gasteiger partial charge in [0.05, 0.1) is 7.11 Å². The highest BCUT2D eigenvalue weighted by Gasteiger charge is 2.10. The summed E-state index contributed by atoms with van der Waals surface area (Å²) in [5, 5.41) is 0. The van der Waals surface area contributed by atoms with E-state index in [1.165, 1.54) is 12.7 Å². The molecule has 1 unspecified atom stereocenters. The molecule has 0 aliphatic heterocycles. The molecule has 0 aliphatic rings. The lowest BCUT2D eigenvalue weighted by Gasteiger charge is -2.12. The summed E-state index contributed by atoms with van der Waals surface area (Å²) in [5.41, 5.74) is 2.14. The van der Waals surface area contributed by atoms with Crippen LogP contribution in [-0.2, 0) is 9.47 Å². The fourth-order valence-electron chi connectivity index (χ4n) is 1.10. The van der Waals surface area contributed by atoms with Crippen LogP contribution in [0.1, 0.15) is 24.2 Å². The Hall–Kier alpha value is -1.51. The van der Waals surface area contributed by atoms with Crippen molar-refractivity contribution in [2.75, 3.05) is 7.11 Å². The molecule has 14 heavy (non-hydrogen) atoms. The molecule has 0 saturated carbocycles. The summed E-state index contributed by atoms with van der Waals surface area (Å²) in [4.78, 5) is 10.8. The van der Waals surface area contributed by atoms with E-state index in [0.717, 1.165) is 5.56 Å². The summed E-state index contributed by atoms with van der Waals surface area (Å²) in [6, 6.07) is 7.82. The van der Waals surface area contributed by atoms with Crippen LogP contribution in [0, 0.1) is 6.92 Å². The molecule has 0 saturated heterocycles. The Labute approximate surface area is 83.6 Å². The van der Waals surface area contributed by atoms with Crippen LogP contribution < -0.4 is 0 Å². The highest BCUT2D eigenvalue weighted by atomic mass is 16.7. The standard InChI is InChI=1S/C11H14O3/c1-8-4-6-10(7-5-8)9(2)14-11(12)13-3/h4-7,9H,1-3H3. The average Bonchev–Trinajstić information content (AvgIpc) is 2.18. The lowest BCUT2D eigenvalue weighted by molar-refractivity contribution is 0.0430.